The molecule has 1 aromatic rings. The lowest BCUT2D eigenvalue weighted by Crippen LogP contribution is -2.30. The predicted octanol–water partition coefficient (Wildman–Crippen LogP) is 2.09. The van der Waals surface area contributed by atoms with E-state index in [1.165, 1.54) is 5.56 Å². The molecule has 0 saturated carbocycles. The summed E-state index contributed by atoms with van der Waals surface area (Å²) in [6.07, 6.45) is -0.217. The Morgan fingerprint density at radius 1 is 1.24 bits per heavy atom. The third-order valence-electron chi connectivity index (χ3n) is 3.44. The number of aliphatic hydroxyl groups is 1. The molecule has 118 valence electrons. The number of amides is 1. The van der Waals surface area contributed by atoms with Gasteiger partial charge in [0.05, 0.1) is 6.10 Å². The summed E-state index contributed by atoms with van der Waals surface area (Å²) in [6.45, 7) is 7.43. The number of aliphatic hydroxyl groups excluding tert-OH is 1. The number of hydrogen-bond acceptors (Lipinski definition) is 3. The third kappa shape index (κ3) is 6.27. The highest BCUT2D eigenvalue weighted by Gasteiger charge is 2.15. The van der Waals surface area contributed by atoms with Gasteiger partial charge in [-0.05, 0) is 30.6 Å². The summed E-state index contributed by atoms with van der Waals surface area (Å²) in [5, 5.41) is 12.9. The van der Waals surface area contributed by atoms with Crippen LogP contribution in [0, 0.1) is 0 Å². The minimum absolute atomic E-state index is 0.0333. The van der Waals surface area contributed by atoms with Crippen LogP contribution >= 0.6 is 0 Å². The molecule has 0 spiro atoms. The monoisotopic (exact) mass is 292 g/mol. The lowest BCUT2D eigenvalue weighted by molar-refractivity contribution is -0.121. The molecule has 2 N–H and O–H groups in total. The molecule has 0 aliphatic carbocycles. The van der Waals surface area contributed by atoms with Crippen LogP contribution in [0.2, 0.25) is 0 Å². The van der Waals surface area contributed by atoms with Gasteiger partial charge in [0.15, 0.2) is 0 Å². The average Bonchev–Trinajstić information content (AvgIpc) is 2.41. The Bertz CT molecular complexity index is 447. The maximum Gasteiger partial charge on any atom is 0.221 e. The molecular formula is C17H28N2O2. The van der Waals surface area contributed by atoms with Gasteiger partial charge in [-0.1, -0.05) is 45.0 Å². The SMILES string of the molecule is CN(C)CCC(=O)NCC(O)c1ccc(C(C)(C)C)cc1. The van der Waals surface area contributed by atoms with E-state index in [9.17, 15) is 9.90 Å². The summed E-state index contributed by atoms with van der Waals surface area (Å²) in [7, 11) is 3.86. The molecule has 0 aromatic heterocycles. The van der Waals surface area contributed by atoms with Crippen LogP contribution in [0.3, 0.4) is 0 Å². The van der Waals surface area contributed by atoms with Gasteiger partial charge in [0, 0.05) is 19.5 Å². The van der Waals surface area contributed by atoms with E-state index in [0.717, 1.165) is 5.56 Å². The molecule has 0 fully saturated rings. The zero-order valence-corrected chi connectivity index (χ0v) is 13.8. The highest BCUT2D eigenvalue weighted by atomic mass is 16.3. The van der Waals surface area contributed by atoms with Crippen molar-refractivity contribution in [1.29, 1.82) is 0 Å². The molecule has 1 aromatic carbocycles. The molecule has 21 heavy (non-hydrogen) atoms. The van der Waals surface area contributed by atoms with Crippen LogP contribution in [0.4, 0.5) is 0 Å². The maximum atomic E-state index is 11.6. The first kappa shape index (κ1) is 17.7. The van der Waals surface area contributed by atoms with Crippen molar-refractivity contribution in [3.63, 3.8) is 0 Å². The van der Waals surface area contributed by atoms with Gasteiger partial charge >= 0.3 is 0 Å². The number of benzene rings is 1. The van der Waals surface area contributed by atoms with Crippen molar-refractivity contribution in [2.75, 3.05) is 27.2 Å². The van der Waals surface area contributed by atoms with E-state index in [0.29, 0.717) is 13.0 Å². The van der Waals surface area contributed by atoms with Crippen LogP contribution in [0.15, 0.2) is 24.3 Å². The first-order valence-electron chi connectivity index (χ1n) is 7.40. The first-order chi connectivity index (χ1) is 9.70. The van der Waals surface area contributed by atoms with Gasteiger partial charge in [-0.3, -0.25) is 4.79 Å². The Kier molecular flexibility index (Phi) is 6.37. The third-order valence-corrected chi connectivity index (χ3v) is 3.44. The molecule has 1 amide bonds. The van der Waals surface area contributed by atoms with Crippen LogP contribution in [-0.4, -0.2) is 43.1 Å². The predicted molar refractivity (Wildman–Crippen MR) is 86.3 cm³/mol. The van der Waals surface area contributed by atoms with Gasteiger partial charge in [-0.25, -0.2) is 0 Å². The number of hydrogen-bond donors (Lipinski definition) is 2. The Morgan fingerprint density at radius 3 is 2.29 bits per heavy atom. The van der Waals surface area contributed by atoms with Crippen molar-refractivity contribution < 1.29 is 9.90 Å². The molecule has 0 saturated heterocycles. The van der Waals surface area contributed by atoms with E-state index in [1.54, 1.807) is 0 Å². The highest BCUT2D eigenvalue weighted by molar-refractivity contribution is 5.76. The molecule has 0 heterocycles. The van der Waals surface area contributed by atoms with Crippen molar-refractivity contribution in [3.8, 4) is 0 Å². The normalized spacial score (nSPS) is 13.3. The highest BCUT2D eigenvalue weighted by Crippen LogP contribution is 2.23. The summed E-state index contributed by atoms with van der Waals surface area (Å²) < 4.78 is 0. The Labute approximate surface area is 128 Å². The topological polar surface area (TPSA) is 52.6 Å². The Hall–Kier alpha value is -1.39. The molecule has 0 aliphatic rings. The maximum absolute atomic E-state index is 11.6. The van der Waals surface area contributed by atoms with Gasteiger partial charge < -0.3 is 15.3 Å². The van der Waals surface area contributed by atoms with Crippen molar-refractivity contribution in [2.24, 2.45) is 0 Å². The summed E-state index contributed by atoms with van der Waals surface area (Å²) in [4.78, 5) is 13.6. The van der Waals surface area contributed by atoms with Gasteiger partial charge in [0.2, 0.25) is 5.91 Å². The smallest absolute Gasteiger partial charge is 0.221 e. The number of carbonyl (C=O) groups excluding carboxylic acids is 1. The summed E-state index contributed by atoms with van der Waals surface area (Å²) in [5.74, 6) is -0.0333. The lowest BCUT2D eigenvalue weighted by Gasteiger charge is -2.20. The van der Waals surface area contributed by atoms with E-state index in [-0.39, 0.29) is 17.9 Å². The van der Waals surface area contributed by atoms with Crippen molar-refractivity contribution in [1.82, 2.24) is 10.2 Å². The number of nitrogens with one attached hydrogen (secondary N) is 1. The minimum Gasteiger partial charge on any atom is -0.387 e. The summed E-state index contributed by atoms with van der Waals surface area (Å²) in [5.41, 5.74) is 2.16. The molecule has 0 aliphatic heterocycles. The molecule has 1 unspecified atom stereocenters. The number of carbonyl (C=O) groups is 1. The summed E-state index contributed by atoms with van der Waals surface area (Å²) in [6, 6.07) is 7.92. The van der Waals surface area contributed by atoms with E-state index in [4.69, 9.17) is 0 Å². The lowest BCUT2D eigenvalue weighted by atomic mass is 9.86. The van der Waals surface area contributed by atoms with Gasteiger partial charge in [0.1, 0.15) is 0 Å². The largest absolute Gasteiger partial charge is 0.387 e. The van der Waals surface area contributed by atoms with E-state index >= 15 is 0 Å². The fraction of sp³-hybridized carbons (Fsp3) is 0.588. The number of rotatable bonds is 6. The second kappa shape index (κ2) is 7.57. The molecule has 0 bridgehead atoms. The van der Waals surface area contributed by atoms with E-state index in [2.05, 4.69) is 26.1 Å². The van der Waals surface area contributed by atoms with Crippen LogP contribution in [0.25, 0.3) is 0 Å². The molecule has 1 atom stereocenters. The molecular weight excluding hydrogens is 264 g/mol. The van der Waals surface area contributed by atoms with Crippen LogP contribution in [-0.2, 0) is 10.2 Å². The first-order valence-corrected chi connectivity index (χ1v) is 7.40. The van der Waals surface area contributed by atoms with Gasteiger partial charge in [0.25, 0.3) is 0 Å². The van der Waals surface area contributed by atoms with Crippen LogP contribution in [0.1, 0.15) is 44.4 Å². The molecule has 0 radical (unpaired) electrons. The Morgan fingerprint density at radius 2 is 1.81 bits per heavy atom. The second-order valence-corrected chi connectivity index (χ2v) is 6.75. The molecule has 4 heteroatoms. The van der Waals surface area contributed by atoms with Crippen molar-refractivity contribution >= 4 is 5.91 Å². The number of nitrogens with zero attached hydrogens (tertiary/aromatic N) is 1. The van der Waals surface area contributed by atoms with Gasteiger partial charge in [-0.2, -0.15) is 0 Å². The van der Waals surface area contributed by atoms with Crippen molar-refractivity contribution in [2.45, 2.75) is 38.7 Å². The van der Waals surface area contributed by atoms with Crippen LogP contribution < -0.4 is 5.32 Å². The molecule has 4 nitrogen and oxygen atoms in total. The fourth-order valence-electron chi connectivity index (χ4n) is 1.95. The minimum atomic E-state index is -0.665. The second-order valence-electron chi connectivity index (χ2n) is 6.75. The standard InChI is InChI=1S/C17H28N2O2/c1-17(2,3)14-8-6-13(7-9-14)15(20)12-18-16(21)10-11-19(4)5/h6-9,15,20H,10-12H2,1-5H3,(H,18,21). The van der Waals surface area contributed by atoms with E-state index < -0.39 is 6.10 Å². The zero-order valence-electron chi connectivity index (χ0n) is 13.8. The summed E-state index contributed by atoms with van der Waals surface area (Å²) >= 11 is 0. The Balaban J connectivity index is 2.49. The fourth-order valence-corrected chi connectivity index (χ4v) is 1.95. The zero-order chi connectivity index (χ0) is 16.0. The molecule has 1 rings (SSSR count). The average molecular weight is 292 g/mol. The van der Waals surface area contributed by atoms with E-state index in [1.807, 2.05) is 43.3 Å². The van der Waals surface area contributed by atoms with Gasteiger partial charge in [-0.15, -0.1) is 0 Å². The van der Waals surface area contributed by atoms with Crippen molar-refractivity contribution in [3.05, 3.63) is 35.4 Å². The quantitative estimate of drug-likeness (QED) is 0.844. The van der Waals surface area contributed by atoms with Crippen LogP contribution in [0.5, 0.6) is 0 Å².